The lowest BCUT2D eigenvalue weighted by atomic mass is 9.97. The van der Waals surface area contributed by atoms with E-state index in [0.717, 1.165) is 24.8 Å². The third kappa shape index (κ3) is 4.35. The molecule has 2 rings (SSSR count). The van der Waals surface area contributed by atoms with Crippen LogP contribution < -0.4 is 5.32 Å². The van der Waals surface area contributed by atoms with Gasteiger partial charge in [-0.1, -0.05) is 6.92 Å². The molecule has 18 heavy (non-hydrogen) atoms. The van der Waals surface area contributed by atoms with Gasteiger partial charge in [0, 0.05) is 18.9 Å². The van der Waals surface area contributed by atoms with Gasteiger partial charge in [-0.3, -0.25) is 4.90 Å². The van der Waals surface area contributed by atoms with Gasteiger partial charge in [-0.25, -0.2) is 9.97 Å². The summed E-state index contributed by atoms with van der Waals surface area (Å²) in [5, 5.41) is 3.43. The Morgan fingerprint density at radius 2 is 2.00 bits per heavy atom. The van der Waals surface area contributed by atoms with Crippen LogP contribution in [-0.4, -0.2) is 41.0 Å². The lowest BCUT2D eigenvalue weighted by molar-refractivity contribution is 0.195. The molecule has 1 aromatic heterocycles. The van der Waals surface area contributed by atoms with Crippen LogP contribution >= 0.6 is 0 Å². The maximum absolute atomic E-state index is 4.33. The van der Waals surface area contributed by atoms with E-state index >= 15 is 0 Å². The first-order valence-electron chi connectivity index (χ1n) is 7.07. The van der Waals surface area contributed by atoms with Crippen LogP contribution in [0.1, 0.15) is 32.0 Å². The molecule has 0 aliphatic carbocycles. The minimum absolute atomic E-state index is 0.835. The Balaban J connectivity index is 1.86. The molecule has 1 aliphatic rings. The average Bonchev–Trinajstić information content (AvgIpc) is 2.41. The SMILES string of the molecule is CCCN(Cc1ncccn1)CC1CCNCC1. The van der Waals surface area contributed by atoms with Crippen LogP contribution in [0.5, 0.6) is 0 Å². The third-order valence-electron chi connectivity index (χ3n) is 3.50. The fourth-order valence-corrected chi connectivity index (χ4v) is 2.59. The highest BCUT2D eigenvalue weighted by Crippen LogP contribution is 2.14. The summed E-state index contributed by atoms with van der Waals surface area (Å²) in [6.45, 7) is 7.80. The minimum Gasteiger partial charge on any atom is -0.317 e. The van der Waals surface area contributed by atoms with E-state index in [2.05, 4.69) is 27.1 Å². The van der Waals surface area contributed by atoms with Crippen molar-refractivity contribution in [3.63, 3.8) is 0 Å². The second-order valence-electron chi connectivity index (χ2n) is 5.09. The molecular weight excluding hydrogens is 224 g/mol. The van der Waals surface area contributed by atoms with E-state index < -0.39 is 0 Å². The van der Waals surface area contributed by atoms with Gasteiger partial charge in [0.05, 0.1) is 6.54 Å². The summed E-state index contributed by atoms with van der Waals surface area (Å²) in [7, 11) is 0. The lowest BCUT2D eigenvalue weighted by Gasteiger charge is -2.29. The average molecular weight is 248 g/mol. The number of rotatable bonds is 6. The largest absolute Gasteiger partial charge is 0.317 e. The summed E-state index contributed by atoms with van der Waals surface area (Å²) < 4.78 is 0. The summed E-state index contributed by atoms with van der Waals surface area (Å²) >= 11 is 0. The van der Waals surface area contributed by atoms with Crippen LogP contribution in [0.2, 0.25) is 0 Å². The van der Waals surface area contributed by atoms with Crippen molar-refractivity contribution < 1.29 is 0 Å². The zero-order valence-electron chi connectivity index (χ0n) is 11.3. The van der Waals surface area contributed by atoms with Gasteiger partial charge in [0.1, 0.15) is 5.82 Å². The molecule has 1 saturated heterocycles. The summed E-state index contributed by atoms with van der Waals surface area (Å²) in [6.07, 6.45) is 7.46. The number of aromatic nitrogens is 2. The van der Waals surface area contributed by atoms with Crippen LogP contribution in [0, 0.1) is 5.92 Å². The van der Waals surface area contributed by atoms with E-state index in [1.54, 1.807) is 0 Å². The zero-order valence-corrected chi connectivity index (χ0v) is 11.3. The number of nitrogens with zero attached hydrogens (tertiary/aromatic N) is 3. The molecule has 1 aromatic rings. The van der Waals surface area contributed by atoms with Crippen molar-refractivity contribution in [2.75, 3.05) is 26.2 Å². The van der Waals surface area contributed by atoms with Crippen molar-refractivity contribution in [3.05, 3.63) is 24.3 Å². The summed E-state index contributed by atoms with van der Waals surface area (Å²) in [6, 6.07) is 1.88. The van der Waals surface area contributed by atoms with Crippen LogP contribution in [0.15, 0.2) is 18.5 Å². The van der Waals surface area contributed by atoms with Crippen molar-refractivity contribution in [2.24, 2.45) is 5.92 Å². The van der Waals surface area contributed by atoms with E-state index in [1.165, 1.54) is 38.9 Å². The Morgan fingerprint density at radius 3 is 2.67 bits per heavy atom. The van der Waals surface area contributed by atoms with Gasteiger partial charge in [0.25, 0.3) is 0 Å². The highest BCUT2D eigenvalue weighted by atomic mass is 15.1. The molecule has 0 bridgehead atoms. The van der Waals surface area contributed by atoms with Gasteiger partial charge in [-0.2, -0.15) is 0 Å². The second kappa shape index (κ2) is 7.44. The van der Waals surface area contributed by atoms with Crippen molar-refractivity contribution in [2.45, 2.75) is 32.7 Å². The molecule has 0 spiro atoms. The molecule has 4 heteroatoms. The summed E-state index contributed by atoms with van der Waals surface area (Å²) in [5.41, 5.74) is 0. The van der Waals surface area contributed by atoms with E-state index in [4.69, 9.17) is 0 Å². The van der Waals surface area contributed by atoms with Crippen molar-refractivity contribution in [1.82, 2.24) is 20.2 Å². The third-order valence-corrected chi connectivity index (χ3v) is 3.50. The number of nitrogens with one attached hydrogen (secondary N) is 1. The molecule has 0 atom stereocenters. The van der Waals surface area contributed by atoms with E-state index in [-0.39, 0.29) is 0 Å². The fraction of sp³-hybridized carbons (Fsp3) is 0.714. The van der Waals surface area contributed by atoms with Gasteiger partial charge < -0.3 is 5.32 Å². The first-order chi connectivity index (χ1) is 8.88. The molecular formula is C14H24N4. The minimum atomic E-state index is 0.835. The quantitative estimate of drug-likeness (QED) is 0.832. The molecule has 100 valence electrons. The predicted molar refractivity (Wildman–Crippen MR) is 73.2 cm³/mol. The van der Waals surface area contributed by atoms with Crippen LogP contribution in [0.25, 0.3) is 0 Å². The normalized spacial score (nSPS) is 17.2. The molecule has 1 N–H and O–H groups in total. The first kappa shape index (κ1) is 13.4. The van der Waals surface area contributed by atoms with E-state index in [9.17, 15) is 0 Å². The molecule has 2 heterocycles. The van der Waals surface area contributed by atoms with E-state index in [0.29, 0.717) is 0 Å². The summed E-state index contributed by atoms with van der Waals surface area (Å²) in [4.78, 5) is 11.2. The first-order valence-corrected chi connectivity index (χ1v) is 7.07. The molecule has 0 unspecified atom stereocenters. The molecule has 0 saturated carbocycles. The maximum atomic E-state index is 4.33. The predicted octanol–water partition coefficient (Wildman–Crippen LogP) is 1.69. The van der Waals surface area contributed by atoms with Crippen LogP contribution in [0.4, 0.5) is 0 Å². The fourth-order valence-electron chi connectivity index (χ4n) is 2.59. The van der Waals surface area contributed by atoms with Crippen molar-refractivity contribution >= 4 is 0 Å². The Bertz CT molecular complexity index is 322. The second-order valence-corrected chi connectivity index (χ2v) is 5.09. The molecule has 0 radical (unpaired) electrons. The highest BCUT2D eigenvalue weighted by molar-refractivity contribution is 4.88. The topological polar surface area (TPSA) is 41.1 Å². The maximum Gasteiger partial charge on any atom is 0.142 e. The molecule has 0 amide bonds. The van der Waals surface area contributed by atoms with Gasteiger partial charge in [0.15, 0.2) is 0 Å². The van der Waals surface area contributed by atoms with Gasteiger partial charge >= 0.3 is 0 Å². The Kier molecular flexibility index (Phi) is 5.55. The highest BCUT2D eigenvalue weighted by Gasteiger charge is 2.17. The lowest BCUT2D eigenvalue weighted by Crippen LogP contribution is -2.36. The van der Waals surface area contributed by atoms with Gasteiger partial charge in [-0.05, 0) is 50.9 Å². The number of hydrogen-bond acceptors (Lipinski definition) is 4. The Labute approximate surface area is 110 Å². The zero-order chi connectivity index (χ0) is 12.6. The number of hydrogen-bond donors (Lipinski definition) is 1. The van der Waals surface area contributed by atoms with Crippen molar-refractivity contribution in [3.8, 4) is 0 Å². The standard InChI is InChI=1S/C14H24N4/c1-2-10-18(11-13-4-8-15-9-5-13)12-14-16-6-3-7-17-14/h3,6-7,13,15H,2,4-5,8-12H2,1H3. The van der Waals surface area contributed by atoms with Gasteiger partial charge in [0.2, 0.25) is 0 Å². The van der Waals surface area contributed by atoms with Gasteiger partial charge in [-0.15, -0.1) is 0 Å². The summed E-state index contributed by atoms with van der Waals surface area (Å²) in [5.74, 6) is 1.78. The van der Waals surface area contributed by atoms with Crippen molar-refractivity contribution in [1.29, 1.82) is 0 Å². The van der Waals surface area contributed by atoms with Crippen LogP contribution in [0.3, 0.4) is 0 Å². The molecule has 4 nitrogen and oxygen atoms in total. The van der Waals surface area contributed by atoms with E-state index in [1.807, 2.05) is 18.5 Å². The van der Waals surface area contributed by atoms with Crippen LogP contribution in [-0.2, 0) is 6.54 Å². The molecule has 1 aliphatic heterocycles. The monoisotopic (exact) mass is 248 g/mol. The number of piperidine rings is 1. The molecule has 0 aromatic carbocycles. The molecule has 1 fully saturated rings. The Hall–Kier alpha value is -1.00. The smallest absolute Gasteiger partial charge is 0.142 e. The Morgan fingerprint density at radius 1 is 1.28 bits per heavy atom.